The molecule has 1 N–H and O–H groups in total. The molecule has 1 aliphatic rings. The maximum absolute atomic E-state index is 5.64. The van der Waals surface area contributed by atoms with E-state index < -0.39 is 0 Å². The molecule has 2 heterocycles. The highest BCUT2D eigenvalue weighted by atomic mass is 16.5. The third-order valence-corrected chi connectivity index (χ3v) is 2.57. The van der Waals surface area contributed by atoms with E-state index in [0.717, 1.165) is 12.3 Å². The van der Waals surface area contributed by atoms with Crippen LogP contribution in [0.25, 0.3) is 0 Å². The van der Waals surface area contributed by atoms with Gasteiger partial charge in [0.25, 0.3) is 0 Å². The predicted molar refractivity (Wildman–Crippen MR) is 54.7 cm³/mol. The Bertz CT molecular complexity index is 287. The van der Waals surface area contributed by atoms with Gasteiger partial charge in [-0.2, -0.15) is 0 Å². The zero-order chi connectivity index (χ0) is 9.97. The molecular formula is C11H16N2O. The van der Waals surface area contributed by atoms with Crippen molar-refractivity contribution in [2.75, 3.05) is 6.61 Å². The van der Waals surface area contributed by atoms with Gasteiger partial charge in [0.2, 0.25) is 0 Å². The molecule has 1 unspecified atom stereocenters. The van der Waals surface area contributed by atoms with Gasteiger partial charge in [0.15, 0.2) is 6.23 Å². The molecule has 1 saturated heterocycles. The quantitative estimate of drug-likeness (QED) is 0.774. The maximum Gasteiger partial charge on any atom is 0.151 e. The molecule has 0 saturated carbocycles. The maximum atomic E-state index is 5.64. The van der Waals surface area contributed by atoms with E-state index in [1.165, 1.54) is 0 Å². The Kier molecular flexibility index (Phi) is 2.79. The number of rotatable bonds is 2. The summed E-state index contributed by atoms with van der Waals surface area (Å²) in [4.78, 5) is 4.27. The van der Waals surface area contributed by atoms with Crippen LogP contribution in [-0.4, -0.2) is 17.6 Å². The van der Waals surface area contributed by atoms with Crippen molar-refractivity contribution in [2.24, 2.45) is 5.92 Å². The van der Waals surface area contributed by atoms with E-state index in [9.17, 15) is 0 Å². The number of hydrogen-bond donors (Lipinski definition) is 1. The fraction of sp³-hybridized carbons (Fsp3) is 0.545. The van der Waals surface area contributed by atoms with Crippen LogP contribution in [0, 0.1) is 5.92 Å². The largest absolute Gasteiger partial charge is 0.356 e. The van der Waals surface area contributed by atoms with Gasteiger partial charge in [-0.1, -0.05) is 19.9 Å². The molecule has 2 rings (SSSR count). The summed E-state index contributed by atoms with van der Waals surface area (Å²) in [6.45, 7) is 5.17. The third-order valence-electron chi connectivity index (χ3n) is 2.57. The lowest BCUT2D eigenvalue weighted by molar-refractivity contribution is 0.0966. The molecule has 0 radical (unpaired) electrons. The minimum absolute atomic E-state index is 0.0244. The molecule has 1 aliphatic heterocycles. The second-order valence-corrected chi connectivity index (χ2v) is 3.99. The van der Waals surface area contributed by atoms with Crippen LogP contribution in [0.5, 0.6) is 0 Å². The number of pyridine rings is 1. The first kappa shape index (κ1) is 9.62. The van der Waals surface area contributed by atoms with Crippen LogP contribution in [0.15, 0.2) is 24.4 Å². The summed E-state index contributed by atoms with van der Waals surface area (Å²) in [6, 6.07) is 6.33. The molecule has 3 heteroatoms. The molecule has 1 aromatic heterocycles. The highest BCUT2D eigenvalue weighted by molar-refractivity contribution is 5.07. The number of ether oxygens (including phenoxy) is 1. The van der Waals surface area contributed by atoms with Gasteiger partial charge in [0, 0.05) is 12.2 Å². The zero-order valence-electron chi connectivity index (χ0n) is 8.60. The van der Waals surface area contributed by atoms with E-state index in [4.69, 9.17) is 4.74 Å². The van der Waals surface area contributed by atoms with Gasteiger partial charge in [-0.15, -0.1) is 0 Å². The molecular weight excluding hydrogens is 176 g/mol. The average molecular weight is 192 g/mol. The van der Waals surface area contributed by atoms with Crippen LogP contribution in [-0.2, 0) is 4.74 Å². The van der Waals surface area contributed by atoms with Gasteiger partial charge in [0.05, 0.1) is 12.3 Å². The molecule has 0 bridgehead atoms. The van der Waals surface area contributed by atoms with Gasteiger partial charge >= 0.3 is 0 Å². The van der Waals surface area contributed by atoms with Gasteiger partial charge in [-0.05, 0) is 18.1 Å². The van der Waals surface area contributed by atoms with Crippen LogP contribution in [0.4, 0.5) is 0 Å². The van der Waals surface area contributed by atoms with Gasteiger partial charge in [-0.25, -0.2) is 0 Å². The van der Waals surface area contributed by atoms with E-state index in [1.54, 1.807) is 6.20 Å². The highest BCUT2D eigenvalue weighted by Crippen LogP contribution is 2.21. The van der Waals surface area contributed by atoms with Crippen molar-refractivity contribution in [3.05, 3.63) is 30.1 Å². The number of hydrogen-bond acceptors (Lipinski definition) is 3. The second-order valence-electron chi connectivity index (χ2n) is 3.99. The third kappa shape index (κ3) is 1.94. The Morgan fingerprint density at radius 2 is 2.36 bits per heavy atom. The lowest BCUT2D eigenvalue weighted by Gasteiger charge is -2.14. The van der Waals surface area contributed by atoms with Crippen LogP contribution in [0.3, 0.4) is 0 Å². The zero-order valence-corrected chi connectivity index (χ0v) is 8.60. The molecule has 76 valence electrons. The molecule has 0 aromatic carbocycles. The Hall–Kier alpha value is -0.930. The number of nitrogens with one attached hydrogen (secondary N) is 1. The van der Waals surface area contributed by atoms with E-state index in [-0.39, 0.29) is 6.23 Å². The lowest BCUT2D eigenvalue weighted by Crippen LogP contribution is -2.30. The van der Waals surface area contributed by atoms with Crippen LogP contribution < -0.4 is 5.32 Å². The summed E-state index contributed by atoms with van der Waals surface area (Å²) in [5.41, 5.74) is 0.968. The second kappa shape index (κ2) is 4.07. The van der Waals surface area contributed by atoms with Crippen molar-refractivity contribution in [1.29, 1.82) is 0 Å². The summed E-state index contributed by atoms with van der Waals surface area (Å²) in [5.74, 6) is 0.601. The van der Waals surface area contributed by atoms with Crippen molar-refractivity contribution in [3.8, 4) is 0 Å². The summed E-state index contributed by atoms with van der Waals surface area (Å²) in [6.07, 6.45) is 1.77. The molecule has 1 fully saturated rings. The SMILES string of the molecule is CC(C)[C@H]1COC(c2ccccn2)N1. The monoisotopic (exact) mass is 192 g/mol. The molecule has 0 aliphatic carbocycles. The Morgan fingerprint density at radius 1 is 1.50 bits per heavy atom. The average Bonchev–Trinajstić information content (AvgIpc) is 2.68. The Balaban J connectivity index is 2.03. The first-order valence-corrected chi connectivity index (χ1v) is 5.06. The molecule has 2 atom stereocenters. The first-order valence-electron chi connectivity index (χ1n) is 5.06. The van der Waals surface area contributed by atoms with Crippen LogP contribution in [0.2, 0.25) is 0 Å². The smallest absolute Gasteiger partial charge is 0.151 e. The normalized spacial score (nSPS) is 27.1. The van der Waals surface area contributed by atoms with E-state index >= 15 is 0 Å². The fourth-order valence-electron chi connectivity index (χ4n) is 1.58. The number of aromatic nitrogens is 1. The van der Waals surface area contributed by atoms with Gasteiger partial charge in [0.1, 0.15) is 0 Å². The number of nitrogens with zero attached hydrogens (tertiary/aromatic N) is 1. The topological polar surface area (TPSA) is 34.1 Å². The van der Waals surface area contributed by atoms with Crippen LogP contribution in [0.1, 0.15) is 25.8 Å². The minimum atomic E-state index is -0.0244. The van der Waals surface area contributed by atoms with Gasteiger partial charge in [-0.3, -0.25) is 10.3 Å². The standard InChI is InChI=1S/C11H16N2O/c1-8(2)10-7-14-11(13-10)9-5-3-4-6-12-9/h3-6,8,10-11,13H,7H2,1-2H3/t10-,11?/m1/s1. The van der Waals surface area contributed by atoms with Crippen molar-refractivity contribution < 1.29 is 4.74 Å². The predicted octanol–water partition coefficient (Wildman–Crippen LogP) is 1.72. The Labute approximate surface area is 84.5 Å². The molecule has 3 nitrogen and oxygen atoms in total. The van der Waals surface area contributed by atoms with Gasteiger partial charge < -0.3 is 4.74 Å². The van der Waals surface area contributed by atoms with E-state index in [1.807, 2.05) is 18.2 Å². The summed E-state index contributed by atoms with van der Waals surface area (Å²) >= 11 is 0. The first-order chi connectivity index (χ1) is 6.77. The van der Waals surface area contributed by atoms with Crippen molar-refractivity contribution in [3.63, 3.8) is 0 Å². The summed E-state index contributed by atoms with van der Waals surface area (Å²) in [5, 5.41) is 3.42. The van der Waals surface area contributed by atoms with Crippen molar-refractivity contribution in [1.82, 2.24) is 10.3 Å². The van der Waals surface area contributed by atoms with Crippen molar-refractivity contribution in [2.45, 2.75) is 26.1 Å². The van der Waals surface area contributed by atoms with Crippen LogP contribution >= 0.6 is 0 Å². The fourth-order valence-corrected chi connectivity index (χ4v) is 1.58. The molecule has 0 spiro atoms. The minimum Gasteiger partial charge on any atom is -0.356 e. The molecule has 0 amide bonds. The van der Waals surface area contributed by atoms with E-state index in [2.05, 4.69) is 24.1 Å². The van der Waals surface area contributed by atoms with E-state index in [0.29, 0.717) is 12.0 Å². The Morgan fingerprint density at radius 3 is 2.93 bits per heavy atom. The molecule has 14 heavy (non-hydrogen) atoms. The summed E-state index contributed by atoms with van der Waals surface area (Å²) < 4.78 is 5.64. The summed E-state index contributed by atoms with van der Waals surface area (Å²) in [7, 11) is 0. The van der Waals surface area contributed by atoms with Crippen molar-refractivity contribution >= 4 is 0 Å². The highest BCUT2D eigenvalue weighted by Gasteiger charge is 2.27. The molecule has 1 aromatic rings. The lowest BCUT2D eigenvalue weighted by atomic mass is 10.1.